The predicted octanol–water partition coefficient (Wildman–Crippen LogP) is 1.32. The average molecular weight is 264 g/mol. The van der Waals surface area contributed by atoms with Crippen molar-refractivity contribution in [3.8, 4) is 0 Å². The maximum atomic E-state index is 5.75. The minimum atomic E-state index is -2.45. The van der Waals surface area contributed by atoms with Crippen molar-refractivity contribution < 1.29 is 13.3 Å². The van der Waals surface area contributed by atoms with Crippen molar-refractivity contribution in [2.45, 2.75) is 46.3 Å². The summed E-state index contributed by atoms with van der Waals surface area (Å²) in [6.07, 6.45) is 0.977. The van der Waals surface area contributed by atoms with Gasteiger partial charge in [-0.15, -0.1) is 0 Å². The van der Waals surface area contributed by atoms with Crippen molar-refractivity contribution in [2.75, 3.05) is 26.4 Å². The lowest BCUT2D eigenvalue weighted by atomic mass is 10.4. The molecule has 0 aromatic carbocycles. The summed E-state index contributed by atoms with van der Waals surface area (Å²) in [5.41, 5.74) is 5.62. The number of hydrogen-bond donors (Lipinski definition) is 2. The summed E-state index contributed by atoms with van der Waals surface area (Å²) >= 11 is 0. The topological polar surface area (TPSA) is 65.7 Å². The van der Waals surface area contributed by atoms with Crippen LogP contribution in [0.2, 0.25) is 6.04 Å². The molecule has 0 amide bonds. The van der Waals surface area contributed by atoms with Gasteiger partial charge in [0.1, 0.15) is 0 Å². The van der Waals surface area contributed by atoms with Crippen LogP contribution in [0.4, 0.5) is 0 Å². The molecule has 0 spiro atoms. The highest BCUT2D eigenvalue weighted by Crippen LogP contribution is 2.17. The van der Waals surface area contributed by atoms with E-state index in [4.69, 9.17) is 19.0 Å². The molecular formula is C11H28N2O3Si. The first-order valence-electron chi connectivity index (χ1n) is 6.51. The predicted molar refractivity (Wildman–Crippen MR) is 71.7 cm³/mol. The van der Waals surface area contributed by atoms with Gasteiger partial charge in [-0.25, -0.2) is 0 Å². The normalized spacial score (nSPS) is 13.9. The Hall–Kier alpha value is 0.0169. The van der Waals surface area contributed by atoms with E-state index in [0.717, 1.165) is 19.0 Å². The first-order valence-corrected chi connectivity index (χ1v) is 8.44. The van der Waals surface area contributed by atoms with Gasteiger partial charge in [0.2, 0.25) is 0 Å². The zero-order chi connectivity index (χ0) is 13.1. The summed E-state index contributed by atoms with van der Waals surface area (Å²) in [7, 11) is -2.45. The van der Waals surface area contributed by atoms with E-state index in [2.05, 4.69) is 5.32 Å². The maximum absolute atomic E-state index is 5.75. The number of nitrogens with two attached hydrogens (primary N) is 1. The molecule has 0 aliphatic heterocycles. The van der Waals surface area contributed by atoms with Gasteiger partial charge in [-0.3, -0.25) is 0 Å². The number of hydrogen-bond acceptors (Lipinski definition) is 5. The van der Waals surface area contributed by atoms with Crippen LogP contribution >= 0.6 is 0 Å². The quantitative estimate of drug-likeness (QED) is 0.335. The molecule has 0 saturated heterocycles. The van der Waals surface area contributed by atoms with E-state index in [-0.39, 0.29) is 6.17 Å². The molecular weight excluding hydrogens is 236 g/mol. The second-order valence-electron chi connectivity index (χ2n) is 3.83. The Kier molecular flexibility index (Phi) is 10.00. The van der Waals surface area contributed by atoms with Gasteiger partial charge in [-0.05, 0) is 40.7 Å². The zero-order valence-corrected chi connectivity index (χ0v) is 12.6. The molecule has 0 heterocycles. The van der Waals surface area contributed by atoms with Crippen LogP contribution in [-0.2, 0) is 13.3 Å². The third-order valence-corrected chi connectivity index (χ3v) is 5.37. The van der Waals surface area contributed by atoms with Crippen molar-refractivity contribution >= 4 is 8.80 Å². The summed E-state index contributed by atoms with van der Waals surface area (Å²) in [5, 5.41) is 3.18. The molecule has 0 aliphatic carbocycles. The molecule has 0 saturated carbocycles. The molecule has 1 atom stereocenters. The van der Waals surface area contributed by atoms with Gasteiger partial charge in [0.25, 0.3) is 0 Å². The van der Waals surface area contributed by atoms with Crippen molar-refractivity contribution in [2.24, 2.45) is 5.73 Å². The van der Waals surface area contributed by atoms with E-state index < -0.39 is 8.80 Å². The highest BCUT2D eigenvalue weighted by atomic mass is 28.4. The smallest absolute Gasteiger partial charge is 0.374 e. The van der Waals surface area contributed by atoms with Crippen LogP contribution in [0, 0.1) is 0 Å². The van der Waals surface area contributed by atoms with Gasteiger partial charge in [-0.1, -0.05) is 0 Å². The van der Waals surface area contributed by atoms with Crippen LogP contribution in [0.15, 0.2) is 0 Å². The Bertz CT molecular complexity index is 165. The molecule has 5 nitrogen and oxygen atoms in total. The van der Waals surface area contributed by atoms with E-state index >= 15 is 0 Å². The minimum Gasteiger partial charge on any atom is -0.374 e. The lowest BCUT2D eigenvalue weighted by Crippen LogP contribution is -2.46. The Morgan fingerprint density at radius 2 is 1.53 bits per heavy atom. The highest BCUT2D eigenvalue weighted by Gasteiger charge is 2.39. The first-order chi connectivity index (χ1) is 8.10. The molecule has 17 heavy (non-hydrogen) atoms. The van der Waals surface area contributed by atoms with Crippen molar-refractivity contribution in [3.05, 3.63) is 0 Å². The fraction of sp³-hybridized carbons (Fsp3) is 1.00. The summed E-state index contributed by atoms with van der Waals surface area (Å²) in [5.74, 6) is 0. The first kappa shape index (κ1) is 17.0. The van der Waals surface area contributed by atoms with Gasteiger partial charge in [-0.2, -0.15) is 0 Å². The van der Waals surface area contributed by atoms with Gasteiger partial charge in [0, 0.05) is 25.9 Å². The standard InChI is InChI=1S/C11H28N2O3Si/c1-5-14-17(15-6-2,16-7-3)10-8-9-13-11(4)12/h11,13H,5-10,12H2,1-4H3. The minimum absolute atomic E-state index is 0.0253. The fourth-order valence-corrected chi connectivity index (χ4v) is 4.25. The number of rotatable bonds is 11. The van der Waals surface area contributed by atoms with E-state index in [0.29, 0.717) is 19.8 Å². The molecule has 6 heteroatoms. The van der Waals surface area contributed by atoms with Gasteiger partial charge < -0.3 is 24.3 Å². The zero-order valence-electron chi connectivity index (χ0n) is 11.6. The van der Waals surface area contributed by atoms with Crippen LogP contribution in [0.1, 0.15) is 34.1 Å². The molecule has 0 aromatic heterocycles. The largest absolute Gasteiger partial charge is 0.500 e. The maximum Gasteiger partial charge on any atom is 0.500 e. The van der Waals surface area contributed by atoms with E-state index in [1.807, 2.05) is 27.7 Å². The molecule has 0 radical (unpaired) electrons. The van der Waals surface area contributed by atoms with Gasteiger partial charge >= 0.3 is 8.80 Å². The van der Waals surface area contributed by atoms with Crippen molar-refractivity contribution in [3.63, 3.8) is 0 Å². The van der Waals surface area contributed by atoms with E-state index in [1.54, 1.807) is 0 Å². The van der Waals surface area contributed by atoms with Crippen LogP contribution in [-0.4, -0.2) is 41.3 Å². The van der Waals surface area contributed by atoms with E-state index in [9.17, 15) is 0 Å². The molecule has 0 bridgehead atoms. The Morgan fingerprint density at radius 1 is 1.06 bits per heavy atom. The highest BCUT2D eigenvalue weighted by molar-refractivity contribution is 6.60. The van der Waals surface area contributed by atoms with Crippen LogP contribution in [0.3, 0.4) is 0 Å². The molecule has 1 unspecified atom stereocenters. The van der Waals surface area contributed by atoms with Crippen LogP contribution in [0.5, 0.6) is 0 Å². The second kappa shape index (κ2) is 9.99. The summed E-state index contributed by atoms with van der Waals surface area (Å²) in [6.45, 7) is 10.6. The van der Waals surface area contributed by atoms with Gasteiger partial charge in [0.15, 0.2) is 0 Å². The summed E-state index contributed by atoms with van der Waals surface area (Å²) in [6, 6.07) is 0.836. The third-order valence-electron chi connectivity index (χ3n) is 2.22. The number of nitrogens with one attached hydrogen (secondary N) is 1. The molecule has 0 aromatic rings. The van der Waals surface area contributed by atoms with E-state index in [1.165, 1.54) is 0 Å². The summed E-state index contributed by atoms with van der Waals surface area (Å²) < 4.78 is 17.3. The van der Waals surface area contributed by atoms with Crippen LogP contribution < -0.4 is 11.1 Å². The monoisotopic (exact) mass is 264 g/mol. The lowest BCUT2D eigenvalue weighted by Gasteiger charge is -2.28. The lowest BCUT2D eigenvalue weighted by molar-refractivity contribution is 0.0708. The molecule has 104 valence electrons. The molecule has 0 aliphatic rings. The molecule has 3 N–H and O–H groups in total. The summed E-state index contributed by atoms with van der Waals surface area (Å²) in [4.78, 5) is 0. The second-order valence-corrected chi connectivity index (χ2v) is 6.56. The van der Waals surface area contributed by atoms with Crippen molar-refractivity contribution in [1.82, 2.24) is 5.32 Å². The molecule has 0 fully saturated rings. The fourth-order valence-electron chi connectivity index (χ4n) is 1.64. The SMILES string of the molecule is CCO[Si](CCCNC(C)N)(OCC)OCC. The van der Waals surface area contributed by atoms with Crippen LogP contribution in [0.25, 0.3) is 0 Å². The Balaban J connectivity index is 4.14. The molecule has 0 rings (SSSR count). The Morgan fingerprint density at radius 3 is 1.88 bits per heavy atom. The van der Waals surface area contributed by atoms with Crippen molar-refractivity contribution in [1.29, 1.82) is 0 Å². The van der Waals surface area contributed by atoms with Gasteiger partial charge in [0.05, 0.1) is 6.17 Å². The average Bonchev–Trinajstić information content (AvgIpc) is 2.25. The third kappa shape index (κ3) is 7.85. The Labute approximate surface area is 106 Å².